The Morgan fingerprint density at radius 1 is 1.12 bits per heavy atom. The van der Waals surface area contributed by atoms with E-state index in [1.165, 1.54) is 17.7 Å². The van der Waals surface area contributed by atoms with Crippen molar-refractivity contribution in [2.24, 2.45) is 0 Å². The fourth-order valence-corrected chi connectivity index (χ4v) is 3.31. The van der Waals surface area contributed by atoms with Crippen LogP contribution in [0.1, 0.15) is 40.0 Å². The SMILES string of the molecule is Cc1cc(C(=O)Nc2ccc(-c3onc4c3CCCC4)cc2)ccc1F. The van der Waals surface area contributed by atoms with Crippen molar-refractivity contribution in [3.05, 3.63) is 70.7 Å². The molecule has 3 aromatic rings. The number of halogens is 1. The lowest BCUT2D eigenvalue weighted by atomic mass is 9.94. The van der Waals surface area contributed by atoms with Crippen molar-refractivity contribution in [1.82, 2.24) is 5.16 Å². The third-order valence-electron chi connectivity index (χ3n) is 4.79. The Labute approximate surface area is 151 Å². The van der Waals surface area contributed by atoms with Crippen LogP contribution in [0.3, 0.4) is 0 Å². The van der Waals surface area contributed by atoms with E-state index in [0.717, 1.165) is 42.7 Å². The van der Waals surface area contributed by atoms with Gasteiger partial charge in [-0.25, -0.2) is 4.39 Å². The summed E-state index contributed by atoms with van der Waals surface area (Å²) in [4.78, 5) is 12.3. The molecule has 1 N–H and O–H groups in total. The second-order valence-electron chi connectivity index (χ2n) is 6.64. The molecule has 1 aliphatic carbocycles. The van der Waals surface area contributed by atoms with Gasteiger partial charge < -0.3 is 9.84 Å². The van der Waals surface area contributed by atoms with Crippen LogP contribution in [0.4, 0.5) is 10.1 Å². The van der Waals surface area contributed by atoms with E-state index >= 15 is 0 Å². The monoisotopic (exact) mass is 350 g/mol. The molecule has 1 amide bonds. The Hall–Kier alpha value is -2.95. The van der Waals surface area contributed by atoms with E-state index in [0.29, 0.717) is 16.8 Å². The number of hydrogen-bond acceptors (Lipinski definition) is 3. The summed E-state index contributed by atoms with van der Waals surface area (Å²) in [5.41, 5.74) is 4.77. The fraction of sp³-hybridized carbons (Fsp3) is 0.238. The molecule has 0 fully saturated rings. The molecule has 0 bridgehead atoms. The molecule has 4 rings (SSSR count). The number of rotatable bonds is 3. The smallest absolute Gasteiger partial charge is 0.255 e. The number of anilines is 1. The molecule has 132 valence electrons. The highest BCUT2D eigenvalue weighted by Crippen LogP contribution is 2.32. The quantitative estimate of drug-likeness (QED) is 0.729. The molecule has 4 nitrogen and oxygen atoms in total. The van der Waals surface area contributed by atoms with Gasteiger partial charge in [0.25, 0.3) is 5.91 Å². The van der Waals surface area contributed by atoms with Gasteiger partial charge in [-0.05, 0) is 80.6 Å². The average Bonchev–Trinajstić information content (AvgIpc) is 3.09. The number of aromatic nitrogens is 1. The van der Waals surface area contributed by atoms with E-state index in [1.54, 1.807) is 13.0 Å². The van der Waals surface area contributed by atoms with Gasteiger partial charge in [0.15, 0.2) is 5.76 Å². The summed E-state index contributed by atoms with van der Waals surface area (Å²) in [6.45, 7) is 1.64. The van der Waals surface area contributed by atoms with E-state index in [2.05, 4.69) is 10.5 Å². The van der Waals surface area contributed by atoms with Crippen LogP contribution in [0, 0.1) is 12.7 Å². The predicted octanol–water partition coefficient (Wildman–Crippen LogP) is 4.92. The molecule has 2 aromatic carbocycles. The number of carbonyl (C=O) groups is 1. The van der Waals surface area contributed by atoms with E-state index in [1.807, 2.05) is 24.3 Å². The first kappa shape index (κ1) is 16.5. The van der Waals surface area contributed by atoms with Gasteiger partial charge >= 0.3 is 0 Å². The molecular formula is C21H19FN2O2. The van der Waals surface area contributed by atoms with Gasteiger partial charge in [-0.1, -0.05) is 5.16 Å². The van der Waals surface area contributed by atoms with Crippen LogP contribution in [-0.4, -0.2) is 11.1 Å². The molecule has 0 aliphatic heterocycles. The summed E-state index contributed by atoms with van der Waals surface area (Å²) in [6.07, 6.45) is 4.29. The first-order chi connectivity index (χ1) is 12.6. The van der Waals surface area contributed by atoms with E-state index < -0.39 is 0 Å². The van der Waals surface area contributed by atoms with E-state index in [-0.39, 0.29) is 11.7 Å². The largest absolute Gasteiger partial charge is 0.356 e. The van der Waals surface area contributed by atoms with Gasteiger partial charge in [0.05, 0.1) is 5.69 Å². The Kier molecular flexibility index (Phi) is 4.29. The molecule has 0 unspecified atom stereocenters. The predicted molar refractivity (Wildman–Crippen MR) is 97.7 cm³/mol. The van der Waals surface area contributed by atoms with Crippen molar-refractivity contribution in [3.8, 4) is 11.3 Å². The van der Waals surface area contributed by atoms with Crippen LogP contribution in [-0.2, 0) is 12.8 Å². The number of nitrogens with zero attached hydrogens (tertiary/aromatic N) is 1. The lowest BCUT2D eigenvalue weighted by Gasteiger charge is -2.10. The molecule has 0 saturated heterocycles. The third-order valence-corrected chi connectivity index (χ3v) is 4.79. The molecule has 0 atom stereocenters. The van der Waals surface area contributed by atoms with Crippen LogP contribution >= 0.6 is 0 Å². The highest BCUT2D eigenvalue weighted by Gasteiger charge is 2.20. The van der Waals surface area contributed by atoms with Crippen LogP contribution in [0.5, 0.6) is 0 Å². The summed E-state index contributed by atoms with van der Waals surface area (Å²) < 4.78 is 18.9. The molecule has 5 heteroatoms. The summed E-state index contributed by atoms with van der Waals surface area (Å²) in [5, 5.41) is 7.02. The van der Waals surface area contributed by atoms with Crippen molar-refractivity contribution in [3.63, 3.8) is 0 Å². The molecule has 1 aromatic heterocycles. The lowest BCUT2D eigenvalue weighted by molar-refractivity contribution is 0.102. The summed E-state index contributed by atoms with van der Waals surface area (Å²) in [7, 11) is 0. The van der Waals surface area contributed by atoms with Crippen molar-refractivity contribution in [2.75, 3.05) is 5.32 Å². The third kappa shape index (κ3) is 3.12. The zero-order valence-electron chi connectivity index (χ0n) is 14.5. The van der Waals surface area contributed by atoms with Gasteiger partial charge in [-0.2, -0.15) is 0 Å². The summed E-state index contributed by atoms with van der Waals surface area (Å²) >= 11 is 0. The number of benzene rings is 2. The first-order valence-electron chi connectivity index (χ1n) is 8.77. The van der Waals surface area contributed by atoms with Gasteiger partial charge in [-0.3, -0.25) is 4.79 Å². The molecule has 1 aliphatic rings. The molecular weight excluding hydrogens is 331 g/mol. The Morgan fingerprint density at radius 3 is 2.65 bits per heavy atom. The second-order valence-corrected chi connectivity index (χ2v) is 6.64. The van der Waals surface area contributed by atoms with E-state index in [4.69, 9.17) is 4.52 Å². The molecule has 26 heavy (non-hydrogen) atoms. The van der Waals surface area contributed by atoms with Crippen molar-refractivity contribution < 1.29 is 13.7 Å². The zero-order valence-corrected chi connectivity index (χ0v) is 14.5. The van der Waals surface area contributed by atoms with E-state index in [9.17, 15) is 9.18 Å². The Morgan fingerprint density at radius 2 is 1.88 bits per heavy atom. The topological polar surface area (TPSA) is 55.1 Å². The maximum Gasteiger partial charge on any atom is 0.255 e. The summed E-state index contributed by atoms with van der Waals surface area (Å²) in [5.74, 6) is 0.242. The molecule has 0 saturated carbocycles. The number of nitrogens with one attached hydrogen (secondary N) is 1. The maximum absolute atomic E-state index is 13.3. The standard InChI is InChI=1S/C21H19FN2O2/c1-13-12-15(8-11-18(13)22)21(25)23-16-9-6-14(7-10-16)20-17-4-2-3-5-19(17)24-26-20/h6-12H,2-5H2,1H3,(H,23,25). The highest BCUT2D eigenvalue weighted by molar-refractivity contribution is 6.04. The van der Waals surface area contributed by atoms with Crippen LogP contribution in [0.2, 0.25) is 0 Å². The number of amides is 1. The van der Waals surface area contributed by atoms with Crippen molar-refractivity contribution >= 4 is 11.6 Å². The number of fused-ring (bicyclic) bond motifs is 1. The minimum absolute atomic E-state index is 0.266. The highest BCUT2D eigenvalue weighted by atomic mass is 19.1. The molecule has 0 radical (unpaired) electrons. The average molecular weight is 350 g/mol. The van der Waals surface area contributed by atoms with Crippen molar-refractivity contribution in [2.45, 2.75) is 32.6 Å². The lowest BCUT2D eigenvalue weighted by Crippen LogP contribution is -2.12. The molecule has 1 heterocycles. The van der Waals surface area contributed by atoms with Crippen LogP contribution in [0.25, 0.3) is 11.3 Å². The van der Waals surface area contributed by atoms with Crippen LogP contribution < -0.4 is 5.32 Å². The zero-order chi connectivity index (χ0) is 18.1. The number of aryl methyl sites for hydroxylation is 2. The second kappa shape index (κ2) is 6.75. The van der Waals surface area contributed by atoms with Crippen LogP contribution in [0.15, 0.2) is 47.0 Å². The number of carbonyl (C=O) groups excluding carboxylic acids is 1. The fourth-order valence-electron chi connectivity index (χ4n) is 3.31. The molecule has 0 spiro atoms. The minimum atomic E-state index is -0.318. The normalized spacial score (nSPS) is 13.3. The van der Waals surface area contributed by atoms with Gasteiger partial charge in [0.2, 0.25) is 0 Å². The van der Waals surface area contributed by atoms with Gasteiger partial charge in [0.1, 0.15) is 5.82 Å². The maximum atomic E-state index is 13.3. The first-order valence-corrected chi connectivity index (χ1v) is 8.77. The number of hydrogen-bond donors (Lipinski definition) is 1. The van der Waals surface area contributed by atoms with Crippen molar-refractivity contribution in [1.29, 1.82) is 0 Å². The van der Waals surface area contributed by atoms with Gasteiger partial charge in [0, 0.05) is 22.4 Å². The Balaban J connectivity index is 1.52. The van der Waals surface area contributed by atoms with Gasteiger partial charge in [-0.15, -0.1) is 0 Å². The Bertz CT molecular complexity index is 961. The summed E-state index contributed by atoms with van der Waals surface area (Å²) in [6, 6.07) is 11.8. The minimum Gasteiger partial charge on any atom is -0.356 e.